The smallest absolute Gasteiger partial charge is 0.311 e. The maximum Gasteiger partial charge on any atom is 0.311 e. The number of halogens is 1. The van der Waals surface area contributed by atoms with Gasteiger partial charge in [-0.25, -0.2) is 0 Å². The van der Waals surface area contributed by atoms with Gasteiger partial charge in [0.05, 0.1) is 25.2 Å². The fourth-order valence-corrected chi connectivity index (χ4v) is 3.49. The van der Waals surface area contributed by atoms with Crippen molar-refractivity contribution >= 4 is 17.6 Å². The lowest BCUT2D eigenvalue weighted by molar-refractivity contribution is -0.156. The first-order valence-corrected chi connectivity index (χ1v) is 7.05. The number of esters is 1. The van der Waals surface area contributed by atoms with Crippen LogP contribution < -0.4 is 0 Å². The fraction of sp³-hybridized carbons (Fsp3) is 0.533. The van der Waals surface area contributed by atoms with Crippen LogP contribution in [0.3, 0.4) is 0 Å². The molecule has 19 heavy (non-hydrogen) atoms. The Hall–Kier alpha value is -1.06. The van der Waals surface area contributed by atoms with Gasteiger partial charge in [0.2, 0.25) is 0 Å². The summed E-state index contributed by atoms with van der Waals surface area (Å²) in [6, 6.07) is 7.77. The first-order valence-electron chi connectivity index (χ1n) is 6.68. The van der Waals surface area contributed by atoms with Crippen LogP contribution in [0, 0.1) is 5.92 Å². The predicted molar refractivity (Wildman–Crippen MR) is 72.2 cm³/mol. The third kappa shape index (κ3) is 2.37. The van der Waals surface area contributed by atoms with Crippen molar-refractivity contribution in [3.63, 3.8) is 0 Å². The van der Waals surface area contributed by atoms with Crippen molar-refractivity contribution in [2.75, 3.05) is 7.11 Å². The van der Waals surface area contributed by atoms with Crippen molar-refractivity contribution in [3.8, 4) is 0 Å². The highest BCUT2D eigenvalue weighted by atomic mass is 35.5. The van der Waals surface area contributed by atoms with Gasteiger partial charge < -0.3 is 9.47 Å². The topological polar surface area (TPSA) is 35.5 Å². The third-order valence-corrected chi connectivity index (χ3v) is 4.51. The second-order valence-electron chi connectivity index (χ2n) is 5.32. The van der Waals surface area contributed by atoms with Crippen LogP contribution in [0.15, 0.2) is 24.3 Å². The number of ether oxygens (including phenoxy) is 2. The summed E-state index contributed by atoms with van der Waals surface area (Å²) in [7, 11) is 1.45. The molecule has 1 aromatic carbocycles. The first kappa shape index (κ1) is 12.9. The molecule has 0 amide bonds. The van der Waals surface area contributed by atoms with Gasteiger partial charge >= 0.3 is 5.97 Å². The lowest BCUT2D eigenvalue weighted by Crippen LogP contribution is -2.39. The molecular weight excluding hydrogens is 264 g/mol. The van der Waals surface area contributed by atoms with E-state index in [0.717, 1.165) is 24.8 Å². The first-order chi connectivity index (χ1) is 9.19. The summed E-state index contributed by atoms with van der Waals surface area (Å²) < 4.78 is 10.9. The molecule has 2 bridgehead atoms. The number of fused-ring (bicyclic) bond motifs is 2. The van der Waals surface area contributed by atoms with Gasteiger partial charge in [-0.15, -0.1) is 0 Å². The molecule has 2 aliphatic rings. The molecule has 0 saturated carbocycles. The minimum atomic E-state index is -0.190. The monoisotopic (exact) mass is 280 g/mol. The third-order valence-electron chi connectivity index (χ3n) is 4.26. The van der Waals surface area contributed by atoms with Crippen LogP contribution in [0.2, 0.25) is 5.02 Å². The van der Waals surface area contributed by atoms with Gasteiger partial charge in [-0.1, -0.05) is 23.7 Å². The quantitative estimate of drug-likeness (QED) is 0.781. The molecule has 2 unspecified atom stereocenters. The van der Waals surface area contributed by atoms with Crippen LogP contribution in [-0.4, -0.2) is 25.3 Å². The Balaban J connectivity index is 1.92. The molecule has 0 N–H and O–H groups in total. The van der Waals surface area contributed by atoms with Gasteiger partial charge in [-0.2, -0.15) is 0 Å². The van der Waals surface area contributed by atoms with E-state index in [9.17, 15) is 4.79 Å². The summed E-state index contributed by atoms with van der Waals surface area (Å²) in [5.41, 5.74) is 1.15. The zero-order valence-electron chi connectivity index (χ0n) is 10.8. The van der Waals surface area contributed by atoms with Crippen molar-refractivity contribution in [1.29, 1.82) is 0 Å². The summed E-state index contributed by atoms with van der Waals surface area (Å²) in [6.07, 6.45) is 3.17. The summed E-state index contributed by atoms with van der Waals surface area (Å²) in [4.78, 5) is 12.1. The maximum absolute atomic E-state index is 12.1. The van der Waals surface area contributed by atoms with E-state index in [4.69, 9.17) is 21.1 Å². The minimum absolute atomic E-state index is 0.00637. The lowest BCUT2D eigenvalue weighted by Gasteiger charge is -2.35. The molecule has 3 nitrogen and oxygen atoms in total. The zero-order valence-corrected chi connectivity index (χ0v) is 11.6. The van der Waals surface area contributed by atoms with Gasteiger partial charge in [-0.3, -0.25) is 4.79 Å². The van der Waals surface area contributed by atoms with Crippen LogP contribution >= 0.6 is 11.6 Å². The summed E-state index contributed by atoms with van der Waals surface area (Å²) in [5.74, 6) is -0.175. The lowest BCUT2D eigenvalue weighted by atomic mass is 9.79. The average molecular weight is 281 g/mol. The number of benzene rings is 1. The van der Waals surface area contributed by atoms with Gasteiger partial charge in [0, 0.05) is 10.9 Å². The molecule has 0 spiro atoms. The molecule has 0 radical (unpaired) electrons. The van der Waals surface area contributed by atoms with Gasteiger partial charge in [0.25, 0.3) is 0 Å². The van der Waals surface area contributed by atoms with E-state index < -0.39 is 0 Å². The van der Waals surface area contributed by atoms with Crippen molar-refractivity contribution in [2.24, 2.45) is 5.92 Å². The van der Waals surface area contributed by atoms with Crippen LogP contribution in [-0.2, 0) is 14.3 Å². The van der Waals surface area contributed by atoms with E-state index in [1.54, 1.807) is 0 Å². The molecule has 0 aromatic heterocycles. The molecule has 2 aliphatic heterocycles. The van der Waals surface area contributed by atoms with Crippen molar-refractivity contribution in [1.82, 2.24) is 0 Å². The second-order valence-corrected chi connectivity index (χ2v) is 5.75. The SMILES string of the molecule is COC(=O)[C@@H]1C2CCC(C[C@H]1c1ccc(Cl)cc1)O2. The van der Waals surface area contributed by atoms with Crippen molar-refractivity contribution in [2.45, 2.75) is 37.4 Å². The highest BCUT2D eigenvalue weighted by molar-refractivity contribution is 6.30. The van der Waals surface area contributed by atoms with E-state index in [0.29, 0.717) is 5.02 Å². The molecule has 3 rings (SSSR count). The number of methoxy groups -OCH3 is 1. The number of carbonyl (C=O) groups excluding carboxylic acids is 1. The number of hydrogen-bond donors (Lipinski definition) is 0. The van der Waals surface area contributed by atoms with E-state index in [2.05, 4.69) is 0 Å². The molecule has 1 aromatic rings. The Morgan fingerprint density at radius 2 is 2.05 bits per heavy atom. The Bertz CT molecular complexity index is 471. The van der Waals surface area contributed by atoms with Crippen LogP contribution in [0.5, 0.6) is 0 Å². The Labute approximate surface area is 117 Å². The molecular formula is C15H17ClO3. The van der Waals surface area contributed by atoms with Gasteiger partial charge in [0.15, 0.2) is 0 Å². The van der Waals surface area contributed by atoms with E-state index in [1.165, 1.54) is 7.11 Å². The standard InChI is InChI=1S/C15H17ClO3/c1-18-15(17)14-12(8-11-6-7-13(14)19-11)9-2-4-10(16)5-3-9/h2-5,11-14H,6-8H2,1H3/t11?,12-,13?,14-/m0/s1. The van der Waals surface area contributed by atoms with Gasteiger partial charge in [-0.05, 0) is 37.0 Å². The summed E-state index contributed by atoms with van der Waals surface area (Å²) in [6.45, 7) is 0. The number of rotatable bonds is 2. The number of hydrogen-bond acceptors (Lipinski definition) is 3. The van der Waals surface area contributed by atoms with Crippen molar-refractivity contribution in [3.05, 3.63) is 34.9 Å². The van der Waals surface area contributed by atoms with Gasteiger partial charge in [0.1, 0.15) is 0 Å². The summed E-state index contributed by atoms with van der Waals surface area (Å²) >= 11 is 5.93. The maximum atomic E-state index is 12.1. The fourth-order valence-electron chi connectivity index (χ4n) is 3.37. The normalized spacial score (nSPS) is 33.2. The van der Waals surface area contributed by atoms with Crippen LogP contribution in [0.25, 0.3) is 0 Å². The van der Waals surface area contributed by atoms with E-state index in [-0.39, 0.29) is 30.0 Å². The second kappa shape index (κ2) is 5.14. The van der Waals surface area contributed by atoms with Crippen LogP contribution in [0.1, 0.15) is 30.7 Å². The Kier molecular flexibility index (Phi) is 3.50. The largest absolute Gasteiger partial charge is 0.469 e. The van der Waals surface area contributed by atoms with Crippen molar-refractivity contribution < 1.29 is 14.3 Å². The molecule has 2 fully saturated rings. The van der Waals surface area contributed by atoms with Crippen LogP contribution in [0.4, 0.5) is 0 Å². The van der Waals surface area contributed by atoms with E-state index in [1.807, 2.05) is 24.3 Å². The minimum Gasteiger partial charge on any atom is -0.469 e. The van der Waals surface area contributed by atoms with E-state index >= 15 is 0 Å². The molecule has 2 saturated heterocycles. The highest BCUT2D eigenvalue weighted by Gasteiger charge is 2.47. The molecule has 4 atom stereocenters. The predicted octanol–water partition coefficient (Wildman–Crippen LogP) is 3.16. The Morgan fingerprint density at radius 1 is 1.32 bits per heavy atom. The summed E-state index contributed by atoms with van der Waals surface area (Å²) in [5, 5.41) is 0.716. The molecule has 0 aliphatic carbocycles. The molecule has 2 heterocycles. The Morgan fingerprint density at radius 3 is 2.74 bits per heavy atom. The molecule has 4 heteroatoms. The highest BCUT2D eigenvalue weighted by Crippen LogP contribution is 2.45. The zero-order chi connectivity index (χ0) is 13.4. The average Bonchev–Trinajstić information content (AvgIpc) is 2.80. The molecule has 102 valence electrons. The number of carbonyl (C=O) groups is 1.